The van der Waals surface area contributed by atoms with Crippen LogP contribution in [0.5, 0.6) is 0 Å². The van der Waals surface area contributed by atoms with Crippen molar-refractivity contribution in [3.05, 3.63) is 62.6 Å². The zero-order chi connectivity index (χ0) is 14.7. The quantitative estimate of drug-likeness (QED) is 0.643. The molecule has 0 unspecified atom stereocenters. The van der Waals surface area contributed by atoms with E-state index >= 15 is 0 Å². The third-order valence-corrected chi connectivity index (χ3v) is 2.31. The number of nitro benzene ring substituents is 1. The summed E-state index contributed by atoms with van der Waals surface area (Å²) in [5.74, 6) is -1.75. The van der Waals surface area contributed by atoms with Gasteiger partial charge in [-0.15, -0.1) is 0 Å². The van der Waals surface area contributed by atoms with E-state index < -0.39 is 27.9 Å². The summed E-state index contributed by atoms with van der Waals surface area (Å²) in [5, 5.41) is 12.9. The van der Waals surface area contributed by atoms with Gasteiger partial charge in [0.1, 0.15) is 5.69 Å². The minimum atomic E-state index is -1.01. The molecule has 8 nitrogen and oxygen atoms in total. The number of benzene rings is 1. The zero-order valence-electron chi connectivity index (χ0n) is 9.79. The van der Waals surface area contributed by atoms with Crippen molar-refractivity contribution >= 4 is 17.3 Å². The fraction of sp³-hybridized carbons (Fsp3) is 0. The molecule has 1 aromatic heterocycles. The van der Waals surface area contributed by atoms with Crippen molar-refractivity contribution in [2.45, 2.75) is 0 Å². The van der Waals surface area contributed by atoms with Gasteiger partial charge in [-0.3, -0.25) is 19.7 Å². The van der Waals surface area contributed by atoms with Gasteiger partial charge in [-0.1, -0.05) is 0 Å². The molecule has 2 rings (SSSR count). The number of nitrogens with one attached hydrogen (secondary N) is 2. The van der Waals surface area contributed by atoms with E-state index in [-0.39, 0.29) is 11.4 Å². The number of hydrogen-bond donors (Lipinski definition) is 2. The number of aromatic amines is 1. The highest BCUT2D eigenvalue weighted by Crippen LogP contribution is 2.21. The standard InChI is InChI=1S/C11H7FN4O4/c12-7-2-1-6(3-9(7)16(19)20)15-11(18)8-4-10(17)14-5-13-8/h1-5H,(H,15,18)(H,13,14,17). The molecule has 2 N–H and O–H groups in total. The van der Waals surface area contributed by atoms with Crippen molar-refractivity contribution in [2.75, 3.05) is 5.32 Å². The molecule has 0 saturated carbocycles. The second-order valence-corrected chi connectivity index (χ2v) is 3.67. The van der Waals surface area contributed by atoms with E-state index in [1.54, 1.807) is 0 Å². The maximum Gasteiger partial charge on any atom is 0.306 e. The van der Waals surface area contributed by atoms with Crippen LogP contribution in [0, 0.1) is 15.9 Å². The Balaban J connectivity index is 2.26. The summed E-state index contributed by atoms with van der Waals surface area (Å²) in [6.45, 7) is 0. The Kier molecular flexibility index (Phi) is 3.51. The van der Waals surface area contributed by atoms with Gasteiger partial charge in [-0.2, -0.15) is 4.39 Å². The van der Waals surface area contributed by atoms with Crippen LogP contribution in [0.4, 0.5) is 15.8 Å². The highest BCUT2D eigenvalue weighted by atomic mass is 19.1. The maximum absolute atomic E-state index is 13.1. The third-order valence-electron chi connectivity index (χ3n) is 2.31. The Morgan fingerprint density at radius 1 is 1.40 bits per heavy atom. The Bertz CT molecular complexity index is 743. The molecular weight excluding hydrogens is 271 g/mol. The molecule has 9 heteroatoms. The molecule has 0 saturated heterocycles. The lowest BCUT2D eigenvalue weighted by Crippen LogP contribution is -2.17. The molecule has 0 radical (unpaired) electrons. The average molecular weight is 278 g/mol. The summed E-state index contributed by atoms with van der Waals surface area (Å²) >= 11 is 0. The van der Waals surface area contributed by atoms with Crippen LogP contribution in [-0.4, -0.2) is 20.8 Å². The van der Waals surface area contributed by atoms with Gasteiger partial charge in [-0.25, -0.2) is 4.98 Å². The first-order valence-corrected chi connectivity index (χ1v) is 5.27. The molecule has 1 heterocycles. The summed E-state index contributed by atoms with van der Waals surface area (Å²) in [6.07, 6.45) is 1.05. The van der Waals surface area contributed by atoms with E-state index in [1.165, 1.54) is 0 Å². The molecule has 0 atom stereocenters. The molecule has 1 aromatic carbocycles. The van der Waals surface area contributed by atoms with E-state index in [2.05, 4.69) is 15.3 Å². The first-order chi connectivity index (χ1) is 9.47. The van der Waals surface area contributed by atoms with Gasteiger partial charge in [0, 0.05) is 17.8 Å². The number of nitro groups is 1. The first kappa shape index (κ1) is 13.3. The first-order valence-electron chi connectivity index (χ1n) is 5.27. The van der Waals surface area contributed by atoms with Crippen LogP contribution in [0.2, 0.25) is 0 Å². The zero-order valence-corrected chi connectivity index (χ0v) is 9.79. The predicted molar refractivity (Wildman–Crippen MR) is 65.9 cm³/mol. The monoisotopic (exact) mass is 278 g/mol. The highest BCUT2D eigenvalue weighted by molar-refractivity contribution is 6.02. The minimum Gasteiger partial charge on any atom is -0.320 e. The fourth-order valence-corrected chi connectivity index (χ4v) is 1.42. The number of anilines is 1. The van der Waals surface area contributed by atoms with Gasteiger partial charge in [0.15, 0.2) is 0 Å². The number of rotatable bonds is 3. The highest BCUT2D eigenvalue weighted by Gasteiger charge is 2.16. The molecule has 2 aromatic rings. The Hall–Kier alpha value is -3.10. The number of nitrogens with zero attached hydrogens (tertiary/aromatic N) is 2. The van der Waals surface area contributed by atoms with Crippen LogP contribution in [0.3, 0.4) is 0 Å². The van der Waals surface area contributed by atoms with Crippen LogP contribution < -0.4 is 10.9 Å². The van der Waals surface area contributed by atoms with Crippen LogP contribution in [0.25, 0.3) is 0 Å². The van der Waals surface area contributed by atoms with Crippen LogP contribution >= 0.6 is 0 Å². The second kappa shape index (κ2) is 5.26. The molecule has 0 fully saturated rings. The van der Waals surface area contributed by atoms with Gasteiger partial charge in [0.25, 0.3) is 11.5 Å². The Morgan fingerprint density at radius 2 is 2.15 bits per heavy atom. The van der Waals surface area contributed by atoms with Crippen molar-refractivity contribution in [3.8, 4) is 0 Å². The van der Waals surface area contributed by atoms with E-state index in [1.807, 2.05) is 0 Å². The minimum absolute atomic E-state index is 0.0187. The van der Waals surface area contributed by atoms with Crippen molar-refractivity contribution in [2.24, 2.45) is 0 Å². The Labute approximate surface area is 110 Å². The van der Waals surface area contributed by atoms with Gasteiger partial charge >= 0.3 is 5.69 Å². The van der Waals surface area contributed by atoms with Gasteiger partial charge in [-0.05, 0) is 12.1 Å². The number of hydrogen-bond acceptors (Lipinski definition) is 5. The van der Waals surface area contributed by atoms with Crippen molar-refractivity contribution < 1.29 is 14.1 Å². The molecule has 0 aliphatic heterocycles. The fourth-order valence-electron chi connectivity index (χ4n) is 1.42. The largest absolute Gasteiger partial charge is 0.320 e. The lowest BCUT2D eigenvalue weighted by Gasteiger charge is -2.04. The van der Waals surface area contributed by atoms with Gasteiger partial charge < -0.3 is 10.3 Å². The number of carbonyl (C=O) groups excluding carboxylic acids is 1. The molecule has 102 valence electrons. The van der Waals surface area contributed by atoms with E-state index in [0.717, 1.165) is 30.6 Å². The number of H-pyrrole nitrogens is 1. The molecule has 0 aliphatic rings. The molecule has 0 spiro atoms. The van der Waals surface area contributed by atoms with Crippen molar-refractivity contribution in [1.29, 1.82) is 0 Å². The lowest BCUT2D eigenvalue weighted by atomic mass is 10.2. The van der Waals surface area contributed by atoms with Crippen LogP contribution in [-0.2, 0) is 0 Å². The third kappa shape index (κ3) is 2.83. The number of amides is 1. The number of halogens is 1. The summed E-state index contributed by atoms with van der Waals surface area (Å²) in [4.78, 5) is 38.3. The lowest BCUT2D eigenvalue weighted by molar-refractivity contribution is -0.387. The van der Waals surface area contributed by atoms with Crippen molar-refractivity contribution in [1.82, 2.24) is 9.97 Å². The molecule has 20 heavy (non-hydrogen) atoms. The molecule has 1 amide bonds. The van der Waals surface area contributed by atoms with E-state index in [4.69, 9.17) is 0 Å². The maximum atomic E-state index is 13.1. The van der Waals surface area contributed by atoms with Crippen molar-refractivity contribution in [3.63, 3.8) is 0 Å². The van der Waals surface area contributed by atoms with Crippen LogP contribution in [0.1, 0.15) is 10.5 Å². The number of aromatic nitrogens is 2. The van der Waals surface area contributed by atoms with E-state index in [0.29, 0.717) is 0 Å². The number of carbonyl (C=O) groups is 1. The van der Waals surface area contributed by atoms with E-state index in [9.17, 15) is 24.1 Å². The normalized spacial score (nSPS) is 10.1. The summed E-state index contributed by atoms with van der Waals surface area (Å²) in [7, 11) is 0. The average Bonchev–Trinajstić information content (AvgIpc) is 2.40. The SMILES string of the molecule is O=C(Nc1ccc(F)c([N+](=O)[O-])c1)c1cc(=O)[nH]cn1. The van der Waals surface area contributed by atoms with Crippen LogP contribution in [0.15, 0.2) is 35.4 Å². The Morgan fingerprint density at radius 3 is 2.80 bits per heavy atom. The summed E-state index contributed by atoms with van der Waals surface area (Å²) < 4.78 is 13.1. The molecule has 0 bridgehead atoms. The smallest absolute Gasteiger partial charge is 0.306 e. The van der Waals surface area contributed by atoms with Gasteiger partial charge in [0.2, 0.25) is 5.82 Å². The topological polar surface area (TPSA) is 118 Å². The van der Waals surface area contributed by atoms with Gasteiger partial charge in [0.05, 0.1) is 11.3 Å². The predicted octanol–water partition coefficient (Wildman–Crippen LogP) is 1.07. The second-order valence-electron chi connectivity index (χ2n) is 3.67. The summed E-state index contributed by atoms with van der Waals surface area (Å²) in [5.41, 5.74) is -1.43. The molecular formula is C11H7FN4O4. The molecule has 0 aliphatic carbocycles. The summed E-state index contributed by atoms with van der Waals surface area (Å²) in [6, 6.07) is 3.86.